The summed E-state index contributed by atoms with van der Waals surface area (Å²) >= 11 is 0. The van der Waals surface area contributed by atoms with E-state index in [9.17, 15) is 18.4 Å². The van der Waals surface area contributed by atoms with Gasteiger partial charge in [0.2, 0.25) is 5.78 Å². The summed E-state index contributed by atoms with van der Waals surface area (Å²) in [6.07, 6.45) is 1.23. The van der Waals surface area contributed by atoms with Crippen LogP contribution in [0, 0.1) is 0 Å². The third-order valence-electron chi connectivity index (χ3n) is 1.92. The van der Waals surface area contributed by atoms with Crippen LogP contribution in [0.3, 0.4) is 0 Å². The molecule has 1 aromatic rings. The van der Waals surface area contributed by atoms with Gasteiger partial charge in [0.1, 0.15) is 0 Å². The molecule has 0 saturated carbocycles. The third-order valence-corrected chi connectivity index (χ3v) is 1.92. The van der Waals surface area contributed by atoms with Gasteiger partial charge in [0.25, 0.3) is 0 Å². The normalized spacial score (nSPS) is 11.1. The predicted octanol–water partition coefficient (Wildman–Crippen LogP) is 2.10. The first-order valence-corrected chi connectivity index (χ1v) is 4.92. The predicted molar refractivity (Wildman–Crippen MR) is 55.1 cm³/mol. The van der Waals surface area contributed by atoms with Gasteiger partial charge in [-0.05, 0) is 19.1 Å². The molecule has 17 heavy (non-hydrogen) atoms. The minimum atomic E-state index is -3.55. The highest BCUT2D eigenvalue weighted by atomic mass is 19.3. The van der Waals surface area contributed by atoms with Gasteiger partial charge in [-0.3, -0.25) is 4.79 Å². The summed E-state index contributed by atoms with van der Waals surface area (Å²) in [7, 11) is 0. The number of hydrogen-bond donors (Lipinski definition) is 0. The van der Waals surface area contributed by atoms with E-state index in [0.717, 1.165) is 6.07 Å². The van der Waals surface area contributed by atoms with Crippen LogP contribution in [-0.4, -0.2) is 29.3 Å². The smallest absolute Gasteiger partial charge is 0.357 e. The van der Waals surface area contributed by atoms with Gasteiger partial charge in [0.15, 0.2) is 5.69 Å². The topological polar surface area (TPSA) is 56.3 Å². The van der Waals surface area contributed by atoms with Crippen LogP contribution in [0.15, 0.2) is 18.3 Å². The van der Waals surface area contributed by atoms with Crippen molar-refractivity contribution >= 4 is 11.8 Å². The third kappa shape index (κ3) is 3.05. The molecule has 0 aliphatic carbocycles. The maximum absolute atomic E-state index is 12.9. The molecule has 1 heterocycles. The summed E-state index contributed by atoms with van der Waals surface area (Å²) in [5.41, 5.74) is -0.820. The Bertz CT molecular complexity index is 441. The van der Waals surface area contributed by atoms with Crippen molar-refractivity contribution in [2.24, 2.45) is 0 Å². The fourth-order valence-corrected chi connectivity index (χ4v) is 1.19. The molecule has 0 amide bonds. The summed E-state index contributed by atoms with van der Waals surface area (Å²) in [6, 6.07) is 2.43. The maximum atomic E-state index is 12.9. The fraction of sp³-hybridized carbons (Fsp3) is 0.364. The summed E-state index contributed by atoms with van der Waals surface area (Å²) in [5, 5.41) is 0. The number of aromatic nitrogens is 1. The van der Waals surface area contributed by atoms with Gasteiger partial charge < -0.3 is 4.74 Å². The Morgan fingerprint density at radius 3 is 2.65 bits per heavy atom. The summed E-state index contributed by atoms with van der Waals surface area (Å²) in [4.78, 5) is 26.4. The quantitative estimate of drug-likeness (QED) is 0.600. The number of pyridine rings is 1. The van der Waals surface area contributed by atoms with E-state index in [0.29, 0.717) is 6.92 Å². The highest BCUT2D eigenvalue weighted by Crippen LogP contribution is 2.21. The van der Waals surface area contributed by atoms with Gasteiger partial charge in [0, 0.05) is 13.1 Å². The molecule has 0 radical (unpaired) electrons. The molecule has 0 N–H and O–H groups in total. The standard InChI is InChI=1S/C11H11F2NO3/c1-3-17-10(16)8-7(5-4-6-14-8)9(15)11(2,12)13/h4-6H,3H2,1-2H3. The summed E-state index contributed by atoms with van der Waals surface area (Å²) < 4.78 is 30.4. The second kappa shape index (κ2) is 4.99. The molecule has 0 saturated heterocycles. The van der Waals surface area contributed by atoms with Crippen molar-refractivity contribution in [3.05, 3.63) is 29.6 Å². The van der Waals surface area contributed by atoms with Gasteiger partial charge in [-0.25, -0.2) is 9.78 Å². The van der Waals surface area contributed by atoms with E-state index in [1.165, 1.54) is 12.3 Å². The van der Waals surface area contributed by atoms with E-state index in [1.54, 1.807) is 6.92 Å². The Balaban J connectivity index is 3.17. The van der Waals surface area contributed by atoms with Crippen LogP contribution in [0.25, 0.3) is 0 Å². The van der Waals surface area contributed by atoms with E-state index in [1.807, 2.05) is 0 Å². The Morgan fingerprint density at radius 1 is 1.47 bits per heavy atom. The van der Waals surface area contributed by atoms with Crippen LogP contribution < -0.4 is 0 Å². The van der Waals surface area contributed by atoms with Crippen molar-refractivity contribution in [3.8, 4) is 0 Å². The number of carbonyl (C=O) groups excluding carboxylic acids is 2. The van der Waals surface area contributed by atoms with Crippen LogP contribution in [0.4, 0.5) is 8.78 Å². The number of esters is 1. The number of alkyl halides is 2. The molecule has 92 valence electrons. The number of nitrogens with zero attached hydrogens (tertiary/aromatic N) is 1. The van der Waals surface area contributed by atoms with Crippen LogP contribution in [0.2, 0.25) is 0 Å². The molecule has 0 aromatic carbocycles. The number of halogens is 2. The van der Waals surface area contributed by atoms with E-state index < -0.39 is 23.2 Å². The van der Waals surface area contributed by atoms with Gasteiger partial charge >= 0.3 is 11.9 Å². The number of carbonyl (C=O) groups is 2. The zero-order valence-electron chi connectivity index (χ0n) is 9.37. The number of hydrogen-bond acceptors (Lipinski definition) is 4. The Hall–Kier alpha value is -1.85. The first-order valence-electron chi connectivity index (χ1n) is 4.92. The molecule has 0 atom stereocenters. The molecule has 0 aliphatic rings. The molecule has 1 rings (SSSR count). The largest absolute Gasteiger partial charge is 0.461 e. The maximum Gasteiger partial charge on any atom is 0.357 e. The van der Waals surface area contributed by atoms with E-state index >= 15 is 0 Å². The minimum Gasteiger partial charge on any atom is -0.461 e. The summed E-state index contributed by atoms with van der Waals surface area (Å²) in [5.74, 6) is -5.89. The lowest BCUT2D eigenvalue weighted by Gasteiger charge is -2.11. The zero-order chi connectivity index (χ0) is 13.1. The molecule has 4 nitrogen and oxygen atoms in total. The van der Waals surface area contributed by atoms with E-state index in [2.05, 4.69) is 9.72 Å². The molecule has 1 aromatic heterocycles. The Morgan fingerprint density at radius 2 is 2.12 bits per heavy atom. The number of rotatable bonds is 4. The van der Waals surface area contributed by atoms with Crippen LogP contribution >= 0.6 is 0 Å². The lowest BCUT2D eigenvalue weighted by atomic mass is 10.0. The van der Waals surface area contributed by atoms with Gasteiger partial charge in [-0.1, -0.05) is 0 Å². The molecule has 0 unspecified atom stereocenters. The molecular weight excluding hydrogens is 232 g/mol. The van der Waals surface area contributed by atoms with Crippen LogP contribution in [-0.2, 0) is 4.74 Å². The SMILES string of the molecule is CCOC(=O)c1ncccc1C(=O)C(C)(F)F. The average molecular weight is 243 g/mol. The molecule has 0 fully saturated rings. The van der Waals surface area contributed by atoms with Gasteiger partial charge in [0.05, 0.1) is 12.2 Å². The molecule has 0 aliphatic heterocycles. The van der Waals surface area contributed by atoms with Crippen LogP contribution in [0.5, 0.6) is 0 Å². The zero-order valence-corrected chi connectivity index (χ0v) is 9.37. The Labute approximate surface area is 96.6 Å². The van der Waals surface area contributed by atoms with Crippen molar-refractivity contribution in [3.63, 3.8) is 0 Å². The second-order valence-electron chi connectivity index (χ2n) is 3.34. The lowest BCUT2D eigenvalue weighted by Crippen LogP contribution is -2.27. The first kappa shape index (κ1) is 13.2. The monoisotopic (exact) mass is 243 g/mol. The fourth-order valence-electron chi connectivity index (χ4n) is 1.19. The first-order chi connectivity index (χ1) is 7.88. The molecule has 6 heteroatoms. The van der Waals surface area contributed by atoms with Gasteiger partial charge in [-0.15, -0.1) is 0 Å². The minimum absolute atomic E-state index is 0.0750. The van der Waals surface area contributed by atoms with Crippen molar-refractivity contribution in [2.75, 3.05) is 6.61 Å². The second-order valence-corrected chi connectivity index (χ2v) is 3.34. The number of ketones is 1. The van der Waals surface area contributed by atoms with E-state index in [4.69, 9.17) is 0 Å². The van der Waals surface area contributed by atoms with E-state index in [-0.39, 0.29) is 12.3 Å². The summed E-state index contributed by atoms with van der Waals surface area (Å²) in [6.45, 7) is 2.11. The molecular formula is C11H11F2NO3. The van der Waals surface area contributed by atoms with Crippen LogP contribution in [0.1, 0.15) is 34.7 Å². The van der Waals surface area contributed by atoms with Crippen molar-refractivity contribution in [2.45, 2.75) is 19.8 Å². The highest BCUT2D eigenvalue weighted by Gasteiger charge is 2.36. The number of ether oxygens (including phenoxy) is 1. The van der Waals surface area contributed by atoms with Gasteiger partial charge in [-0.2, -0.15) is 8.78 Å². The average Bonchev–Trinajstić information content (AvgIpc) is 2.27. The van der Waals surface area contributed by atoms with Crippen molar-refractivity contribution in [1.29, 1.82) is 0 Å². The highest BCUT2D eigenvalue weighted by molar-refractivity contribution is 6.08. The molecule has 0 bridgehead atoms. The Kier molecular flexibility index (Phi) is 3.88. The number of Topliss-reactive ketones (excluding diaryl/α,β-unsaturated/α-hetero) is 1. The molecule has 0 spiro atoms. The van der Waals surface area contributed by atoms with Crippen molar-refractivity contribution in [1.82, 2.24) is 4.98 Å². The lowest BCUT2D eigenvalue weighted by molar-refractivity contribution is 0.0217. The van der Waals surface area contributed by atoms with Crippen molar-refractivity contribution < 1.29 is 23.1 Å².